The van der Waals surface area contributed by atoms with E-state index in [2.05, 4.69) is 11.8 Å². The highest BCUT2D eigenvalue weighted by molar-refractivity contribution is 5.85. The van der Waals surface area contributed by atoms with Gasteiger partial charge in [-0.1, -0.05) is 12.1 Å². The second kappa shape index (κ2) is 9.21. The molecule has 0 bridgehead atoms. The summed E-state index contributed by atoms with van der Waals surface area (Å²) in [6.45, 7) is 4.18. The fourth-order valence-corrected chi connectivity index (χ4v) is 3.22. The molecule has 0 spiro atoms. The quantitative estimate of drug-likeness (QED) is 0.891. The van der Waals surface area contributed by atoms with Crippen LogP contribution in [0.25, 0.3) is 0 Å². The van der Waals surface area contributed by atoms with Crippen LogP contribution >= 0.6 is 12.4 Å². The zero-order valence-corrected chi connectivity index (χ0v) is 14.6. The summed E-state index contributed by atoms with van der Waals surface area (Å²) in [5.74, 6) is -0.981. The summed E-state index contributed by atoms with van der Waals surface area (Å²) in [7, 11) is 1.89. The average Bonchev–Trinajstić information content (AvgIpc) is 2.72. The first-order valence-electron chi connectivity index (χ1n) is 7.89. The lowest BCUT2D eigenvalue weighted by atomic mass is 10.1. The predicted molar refractivity (Wildman–Crippen MR) is 91.5 cm³/mol. The highest BCUT2D eigenvalue weighted by Crippen LogP contribution is 2.25. The van der Waals surface area contributed by atoms with E-state index in [1.807, 2.05) is 24.1 Å². The maximum absolute atomic E-state index is 13.0. The Morgan fingerprint density at radius 3 is 2.61 bits per heavy atom. The third-order valence-electron chi connectivity index (χ3n) is 4.64. The molecule has 2 atom stereocenters. The molecule has 1 aromatic carbocycles. The molecule has 0 aromatic heterocycles. The Labute approximate surface area is 143 Å². The minimum Gasteiger partial charge on any atom is -0.480 e. The maximum Gasteiger partial charge on any atom is 0.317 e. The smallest absolute Gasteiger partial charge is 0.317 e. The number of nitrogens with zero attached hydrogens (tertiary/aromatic N) is 2. The Kier molecular flexibility index (Phi) is 7.95. The fourth-order valence-electron chi connectivity index (χ4n) is 3.22. The van der Waals surface area contributed by atoms with Gasteiger partial charge in [-0.2, -0.15) is 0 Å². The third-order valence-corrected chi connectivity index (χ3v) is 4.64. The number of likely N-dealkylation sites (tertiary alicyclic amines) is 1. The first kappa shape index (κ1) is 19.9. The number of hydrogen-bond acceptors (Lipinski definition) is 3. The molecule has 130 valence electrons. The summed E-state index contributed by atoms with van der Waals surface area (Å²) in [5.41, 5.74) is 1.12. The standard InChI is InChI=1S/C17H25FN2O2.ClH/c1-13(14-5-7-15(18)8-6-14)20-10-3-4-16(9-11-20)19(2)12-17(21)22;/h5-8,13,16H,3-4,9-12H2,1-2H3,(H,21,22);1H. The highest BCUT2D eigenvalue weighted by Gasteiger charge is 2.24. The van der Waals surface area contributed by atoms with E-state index in [0.717, 1.165) is 37.9 Å². The van der Waals surface area contributed by atoms with Crippen molar-refractivity contribution < 1.29 is 14.3 Å². The number of carboxylic acids is 1. The number of carboxylic acid groups (broad SMARTS) is 1. The molecule has 1 aromatic rings. The topological polar surface area (TPSA) is 43.8 Å². The van der Waals surface area contributed by atoms with Gasteiger partial charge in [-0.05, 0) is 57.5 Å². The lowest BCUT2D eigenvalue weighted by Gasteiger charge is -2.29. The van der Waals surface area contributed by atoms with Gasteiger partial charge in [-0.3, -0.25) is 14.6 Å². The Balaban J connectivity index is 0.00000264. The Hall–Kier alpha value is -1.17. The molecule has 1 heterocycles. The van der Waals surface area contributed by atoms with E-state index in [1.54, 1.807) is 0 Å². The van der Waals surface area contributed by atoms with E-state index < -0.39 is 5.97 Å². The Bertz CT molecular complexity index is 498. The van der Waals surface area contributed by atoms with Crippen molar-refractivity contribution >= 4 is 18.4 Å². The van der Waals surface area contributed by atoms with Crippen LogP contribution < -0.4 is 0 Å². The summed E-state index contributed by atoms with van der Waals surface area (Å²) in [4.78, 5) is 15.2. The van der Waals surface area contributed by atoms with Gasteiger partial charge < -0.3 is 5.11 Å². The van der Waals surface area contributed by atoms with Crippen LogP contribution in [0.3, 0.4) is 0 Å². The second-order valence-corrected chi connectivity index (χ2v) is 6.16. The summed E-state index contributed by atoms with van der Waals surface area (Å²) in [6.07, 6.45) is 3.05. The number of hydrogen-bond donors (Lipinski definition) is 1. The molecule has 4 nitrogen and oxygen atoms in total. The van der Waals surface area contributed by atoms with Crippen LogP contribution in [0.15, 0.2) is 24.3 Å². The van der Waals surface area contributed by atoms with Gasteiger partial charge in [-0.25, -0.2) is 4.39 Å². The fraction of sp³-hybridized carbons (Fsp3) is 0.588. The SMILES string of the molecule is CC(c1ccc(F)cc1)N1CCCC(N(C)CC(=O)O)CC1.Cl. The molecule has 6 heteroatoms. The third kappa shape index (κ3) is 5.75. The molecular formula is C17H26ClFN2O2. The van der Waals surface area contributed by atoms with Crippen molar-refractivity contribution in [2.24, 2.45) is 0 Å². The number of benzene rings is 1. The van der Waals surface area contributed by atoms with Crippen LogP contribution in [0.5, 0.6) is 0 Å². The number of aliphatic carboxylic acids is 1. The van der Waals surface area contributed by atoms with Gasteiger partial charge in [0.1, 0.15) is 5.82 Å². The molecule has 2 unspecified atom stereocenters. The molecule has 0 saturated carbocycles. The van der Waals surface area contributed by atoms with Gasteiger partial charge in [0.05, 0.1) is 6.54 Å². The minimum atomic E-state index is -0.775. The van der Waals surface area contributed by atoms with Crippen molar-refractivity contribution in [2.45, 2.75) is 38.3 Å². The van der Waals surface area contributed by atoms with E-state index in [1.165, 1.54) is 12.1 Å². The Morgan fingerprint density at radius 1 is 1.35 bits per heavy atom. The van der Waals surface area contributed by atoms with Gasteiger partial charge in [0.25, 0.3) is 0 Å². The van der Waals surface area contributed by atoms with E-state index in [9.17, 15) is 9.18 Å². The molecule has 1 fully saturated rings. The van der Waals surface area contributed by atoms with Crippen molar-refractivity contribution in [1.29, 1.82) is 0 Å². The van der Waals surface area contributed by atoms with Crippen LogP contribution in [0, 0.1) is 5.82 Å². The maximum atomic E-state index is 13.0. The van der Waals surface area contributed by atoms with Crippen molar-refractivity contribution in [3.8, 4) is 0 Å². The van der Waals surface area contributed by atoms with E-state index >= 15 is 0 Å². The van der Waals surface area contributed by atoms with E-state index in [4.69, 9.17) is 5.11 Å². The molecule has 0 radical (unpaired) electrons. The second-order valence-electron chi connectivity index (χ2n) is 6.16. The van der Waals surface area contributed by atoms with Gasteiger partial charge >= 0.3 is 5.97 Å². The Morgan fingerprint density at radius 2 is 2.00 bits per heavy atom. The molecule has 1 aliphatic heterocycles. The number of likely N-dealkylation sites (N-methyl/N-ethyl adjacent to an activating group) is 1. The van der Waals surface area contributed by atoms with Gasteiger partial charge in [0.15, 0.2) is 0 Å². The molecule has 1 aliphatic rings. The van der Waals surface area contributed by atoms with Crippen LogP contribution in [-0.4, -0.2) is 53.6 Å². The highest BCUT2D eigenvalue weighted by atomic mass is 35.5. The molecule has 0 aliphatic carbocycles. The largest absolute Gasteiger partial charge is 0.480 e. The van der Waals surface area contributed by atoms with Crippen molar-refractivity contribution in [3.63, 3.8) is 0 Å². The summed E-state index contributed by atoms with van der Waals surface area (Å²) >= 11 is 0. The summed E-state index contributed by atoms with van der Waals surface area (Å²) < 4.78 is 13.0. The van der Waals surface area contributed by atoms with Crippen LogP contribution in [0.1, 0.15) is 37.8 Å². The van der Waals surface area contributed by atoms with Gasteiger partial charge in [0, 0.05) is 18.6 Å². The lowest BCUT2D eigenvalue weighted by molar-refractivity contribution is -0.138. The van der Waals surface area contributed by atoms with Crippen molar-refractivity contribution in [2.75, 3.05) is 26.7 Å². The molecule has 1 N–H and O–H groups in total. The number of halogens is 2. The molecule has 1 saturated heterocycles. The molecular weight excluding hydrogens is 319 g/mol. The first-order chi connectivity index (χ1) is 10.5. The number of carbonyl (C=O) groups is 1. The average molecular weight is 345 g/mol. The zero-order valence-electron chi connectivity index (χ0n) is 13.7. The van der Waals surface area contributed by atoms with Gasteiger partial charge in [0.2, 0.25) is 0 Å². The van der Waals surface area contributed by atoms with E-state index in [-0.39, 0.29) is 30.8 Å². The molecule has 0 amide bonds. The zero-order chi connectivity index (χ0) is 16.1. The van der Waals surface area contributed by atoms with E-state index in [0.29, 0.717) is 6.04 Å². The minimum absolute atomic E-state index is 0. The summed E-state index contributed by atoms with van der Waals surface area (Å²) in [6, 6.07) is 7.28. The van der Waals surface area contributed by atoms with Gasteiger partial charge in [-0.15, -0.1) is 12.4 Å². The normalized spacial score (nSPS) is 20.6. The van der Waals surface area contributed by atoms with Crippen LogP contribution in [0.4, 0.5) is 4.39 Å². The molecule has 23 heavy (non-hydrogen) atoms. The van der Waals surface area contributed by atoms with Crippen molar-refractivity contribution in [1.82, 2.24) is 9.80 Å². The number of rotatable bonds is 5. The molecule has 2 rings (SSSR count). The van der Waals surface area contributed by atoms with Crippen LogP contribution in [-0.2, 0) is 4.79 Å². The summed E-state index contributed by atoms with van der Waals surface area (Å²) in [5, 5.41) is 8.91. The lowest BCUT2D eigenvalue weighted by Crippen LogP contribution is -2.36. The monoisotopic (exact) mass is 344 g/mol. The van der Waals surface area contributed by atoms with Crippen LogP contribution in [0.2, 0.25) is 0 Å². The first-order valence-corrected chi connectivity index (χ1v) is 7.89. The van der Waals surface area contributed by atoms with Crippen molar-refractivity contribution in [3.05, 3.63) is 35.6 Å². The predicted octanol–water partition coefficient (Wildman–Crippen LogP) is 3.18.